The van der Waals surface area contributed by atoms with Crippen LogP contribution in [0.15, 0.2) is 18.3 Å². The number of rotatable bonds is 0. The van der Waals surface area contributed by atoms with E-state index >= 15 is 0 Å². The van der Waals surface area contributed by atoms with Gasteiger partial charge in [0.15, 0.2) is 0 Å². The normalized spacial score (nSPS) is 16.2. The molecule has 0 amide bonds. The summed E-state index contributed by atoms with van der Waals surface area (Å²) in [5, 5.41) is 0. The molecule has 2 heteroatoms. The van der Waals surface area contributed by atoms with Crippen molar-refractivity contribution in [3.05, 3.63) is 29.6 Å². The maximum atomic E-state index is 11.0. The second-order valence-corrected chi connectivity index (χ2v) is 2.82. The number of hydrogen-bond donors (Lipinski definition) is 0. The number of Topliss-reactive ketones (excluding diaryl/α,β-unsaturated/α-hetero) is 1. The van der Waals surface area contributed by atoms with Crippen LogP contribution >= 0.6 is 0 Å². The van der Waals surface area contributed by atoms with E-state index in [1.807, 2.05) is 12.1 Å². The van der Waals surface area contributed by atoms with Crippen LogP contribution in [0.4, 0.5) is 0 Å². The predicted octanol–water partition coefficient (Wildman–Crippen LogP) is 1.14. The van der Waals surface area contributed by atoms with E-state index in [9.17, 15) is 4.79 Å². The van der Waals surface area contributed by atoms with Crippen LogP contribution in [0.5, 0.6) is 0 Å². The highest BCUT2D eigenvalue weighted by molar-refractivity contribution is 5.82. The maximum Gasteiger partial charge on any atom is 0.137 e. The van der Waals surface area contributed by atoms with Gasteiger partial charge in [0, 0.05) is 24.7 Å². The minimum absolute atomic E-state index is 0.338. The van der Waals surface area contributed by atoms with E-state index in [-0.39, 0.29) is 0 Å². The zero-order chi connectivity index (χ0) is 7.68. The first kappa shape index (κ1) is 6.53. The number of nitrogens with zero attached hydrogens (tertiary/aromatic N) is 1. The Kier molecular flexibility index (Phi) is 1.46. The largest absolute Gasteiger partial charge is 0.299 e. The van der Waals surface area contributed by atoms with Gasteiger partial charge in [0.2, 0.25) is 0 Å². The number of hydrogen-bond acceptors (Lipinski definition) is 2. The molecule has 0 aromatic carbocycles. The zero-order valence-electron chi connectivity index (χ0n) is 6.21. The van der Waals surface area contributed by atoms with Crippen molar-refractivity contribution in [3.63, 3.8) is 0 Å². The molecule has 56 valence electrons. The lowest BCUT2D eigenvalue weighted by atomic mass is 9.95. The zero-order valence-corrected chi connectivity index (χ0v) is 6.21. The summed E-state index contributed by atoms with van der Waals surface area (Å²) in [5.74, 6) is 0.338. The average molecular weight is 147 g/mol. The molecular weight excluding hydrogens is 138 g/mol. The molecule has 0 fully saturated rings. The van der Waals surface area contributed by atoms with Gasteiger partial charge in [-0.05, 0) is 18.1 Å². The monoisotopic (exact) mass is 147 g/mol. The molecule has 2 nitrogen and oxygen atoms in total. The molecule has 1 aromatic rings. The third-order valence-corrected chi connectivity index (χ3v) is 2.01. The molecule has 0 spiro atoms. The highest BCUT2D eigenvalue weighted by Gasteiger charge is 2.14. The highest BCUT2D eigenvalue weighted by Crippen LogP contribution is 2.15. The number of ketones is 1. The van der Waals surface area contributed by atoms with Crippen LogP contribution < -0.4 is 0 Å². The molecule has 0 N–H and O–H groups in total. The summed E-state index contributed by atoms with van der Waals surface area (Å²) in [5.41, 5.74) is 2.22. The van der Waals surface area contributed by atoms with E-state index in [2.05, 4.69) is 4.98 Å². The van der Waals surface area contributed by atoms with Crippen LogP contribution in [0.3, 0.4) is 0 Å². The van der Waals surface area contributed by atoms with Gasteiger partial charge in [0.1, 0.15) is 5.78 Å². The van der Waals surface area contributed by atoms with E-state index in [1.54, 1.807) is 6.20 Å². The molecule has 11 heavy (non-hydrogen) atoms. The van der Waals surface area contributed by atoms with Gasteiger partial charge in [-0.25, -0.2) is 0 Å². The van der Waals surface area contributed by atoms with Gasteiger partial charge in [-0.2, -0.15) is 0 Å². The first-order chi connectivity index (χ1) is 5.36. The minimum Gasteiger partial charge on any atom is -0.299 e. The Morgan fingerprint density at radius 2 is 2.27 bits per heavy atom. The summed E-state index contributed by atoms with van der Waals surface area (Å²) in [6.07, 6.45) is 3.87. The van der Waals surface area contributed by atoms with Crippen molar-refractivity contribution < 1.29 is 4.79 Å². The molecule has 1 aliphatic carbocycles. The standard InChI is InChI=1S/C9H9NO/c11-8-3-4-9-7(6-8)2-1-5-10-9/h1-2,5H,3-4,6H2. The third-order valence-electron chi connectivity index (χ3n) is 2.01. The number of carbonyl (C=O) groups excluding carboxylic acids is 1. The Hall–Kier alpha value is -1.18. The van der Waals surface area contributed by atoms with Crippen LogP contribution in [0.1, 0.15) is 17.7 Å². The molecule has 0 bridgehead atoms. The Morgan fingerprint density at radius 1 is 1.36 bits per heavy atom. The third kappa shape index (κ3) is 1.16. The Balaban J connectivity index is 2.41. The fourth-order valence-electron chi connectivity index (χ4n) is 1.42. The smallest absolute Gasteiger partial charge is 0.137 e. The van der Waals surface area contributed by atoms with Crippen molar-refractivity contribution in [1.82, 2.24) is 4.98 Å². The van der Waals surface area contributed by atoms with E-state index < -0.39 is 0 Å². The molecule has 2 rings (SSSR count). The summed E-state index contributed by atoms with van der Waals surface area (Å²) in [6.45, 7) is 0. The quantitative estimate of drug-likeness (QED) is 0.550. The molecule has 0 aliphatic heterocycles. The van der Waals surface area contributed by atoms with Crippen LogP contribution in [-0.4, -0.2) is 10.8 Å². The van der Waals surface area contributed by atoms with E-state index in [4.69, 9.17) is 0 Å². The average Bonchev–Trinajstić information content (AvgIpc) is 2.04. The molecule has 0 radical (unpaired) electrons. The van der Waals surface area contributed by atoms with Gasteiger partial charge in [-0.15, -0.1) is 0 Å². The van der Waals surface area contributed by atoms with Gasteiger partial charge in [0.25, 0.3) is 0 Å². The van der Waals surface area contributed by atoms with E-state index in [0.29, 0.717) is 18.6 Å². The summed E-state index contributed by atoms with van der Waals surface area (Å²) in [6, 6.07) is 3.87. The van der Waals surface area contributed by atoms with Crippen molar-refractivity contribution in [2.24, 2.45) is 0 Å². The van der Waals surface area contributed by atoms with Crippen molar-refractivity contribution in [1.29, 1.82) is 0 Å². The minimum atomic E-state index is 0.338. The molecule has 1 aromatic heterocycles. The predicted molar refractivity (Wildman–Crippen MR) is 41.3 cm³/mol. The number of aryl methyl sites for hydroxylation is 1. The van der Waals surface area contributed by atoms with Crippen LogP contribution in [0, 0.1) is 0 Å². The van der Waals surface area contributed by atoms with E-state index in [1.165, 1.54) is 0 Å². The molecule has 1 aliphatic rings. The Labute approximate surface area is 65.3 Å². The van der Waals surface area contributed by atoms with Crippen LogP contribution in [-0.2, 0) is 17.6 Å². The van der Waals surface area contributed by atoms with Gasteiger partial charge < -0.3 is 0 Å². The lowest BCUT2D eigenvalue weighted by Crippen LogP contribution is -2.13. The molecule has 1 heterocycles. The van der Waals surface area contributed by atoms with E-state index in [0.717, 1.165) is 17.7 Å². The number of pyridine rings is 1. The van der Waals surface area contributed by atoms with Crippen LogP contribution in [0.25, 0.3) is 0 Å². The van der Waals surface area contributed by atoms with Gasteiger partial charge in [0.05, 0.1) is 0 Å². The Bertz CT molecular complexity index is 293. The first-order valence-electron chi connectivity index (χ1n) is 3.81. The summed E-state index contributed by atoms with van der Waals surface area (Å²) >= 11 is 0. The van der Waals surface area contributed by atoms with Gasteiger partial charge in [-0.1, -0.05) is 6.07 Å². The topological polar surface area (TPSA) is 30.0 Å². The number of fused-ring (bicyclic) bond motifs is 1. The summed E-state index contributed by atoms with van der Waals surface area (Å²) in [4.78, 5) is 15.2. The molecule has 0 saturated carbocycles. The number of aromatic nitrogens is 1. The SMILES string of the molecule is O=C1CCc2ncccc2C1. The fraction of sp³-hybridized carbons (Fsp3) is 0.333. The highest BCUT2D eigenvalue weighted by atomic mass is 16.1. The summed E-state index contributed by atoms with van der Waals surface area (Å²) < 4.78 is 0. The lowest BCUT2D eigenvalue weighted by Gasteiger charge is -2.11. The number of carbonyl (C=O) groups is 1. The molecule has 0 saturated heterocycles. The van der Waals surface area contributed by atoms with Gasteiger partial charge in [-0.3, -0.25) is 9.78 Å². The second kappa shape index (κ2) is 2.46. The van der Waals surface area contributed by atoms with Crippen molar-refractivity contribution in [2.75, 3.05) is 0 Å². The lowest BCUT2D eigenvalue weighted by molar-refractivity contribution is -0.118. The maximum absolute atomic E-state index is 11.0. The molecular formula is C9H9NO. The fourth-order valence-corrected chi connectivity index (χ4v) is 1.42. The molecule has 0 unspecified atom stereocenters. The van der Waals surface area contributed by atoms with Gasteiger partial charge >= 0.3 is 0 Å². The first-order valence-corrected chi connectivity index (χ1v) is 3.81. The Morgan fingerprint density at radius 3 is 3.18 bits per heavy atom. The van der Waals surface area contributed by atoms with Crippen molar-refractivity contribution in [2.45, 2.75) is 19.3 Å². The van der Waals surface area contributed by atoms with Crippen molar-refractivity contribution >= 4 is 5.78 Å². The van der Waals surface area contributed by atoms with Crippen LogP contribution in [0.2, 0.25) is 0 Å². The van der Waals surface area contributed by atoms with Crippen molar-refractivity contribution in [3.8, 4) is 0 Å². The molecule has 0 atom stereocenters. The second-order valence-electron chi connectivity index (χ2n) is 2.82. The summed E-state index contributed by atoms with van der Waals surface area (Å²) in [7, 11) is 0.